The standard InChI is InChI=1S/C22H19N3O3/c1-2-25-21(27)18(20(26)23-22(25)28)12-16-14-24(13-15-8-4-3-5-9-15)19-11-7-6-10-17(16)19/h3-12,14H,2,13H2,1H3,(H,23,26,28)/b18-12+. The fourth-order valence-electron chi connectivity index (χ4n) is 3.44. The number of para-hydroxylation sites is 1. The molecule has 4 amide bonds. The largest absolute Gasteiger partial charge is 0.342 e. The molecule has 0 saturated carbocycles. The van der Waals surface area contributed by atoms with Gasteiger partial charge in [-0.15, -0.1) is 0 Å². The number of nitrogens with zero attached hydrogens (tertiary/aromatic N) is 2. The number of imide groups is 2. The maximum Gasteiger partial charge on any atom is 0.331 e. The lowest BCUT2D eigenvalue weighted by atomic mass is 10.1. The van der Waals surface area contributed by atoms with Gasteiger partial charge in [0.25, 0.3) is 11.8 Å². The zero-order valence-corrected chi connectivity index (χ0v) is 15.4. The molecule has 1 aliphatic heterocycles. The number of carbonyl (C=O) groups is 3. The number of benzene rings is 2. The van der Waals surface area contributed by atoms with Crippen molar-refractivity contribution in [1.82, 2.24) is 14.8 Å². The molecule has 2 heterocycles. The molecule has 140 valence electrons. The molecule has 1 saturated heterocycles. The highest BCUT2D eigenvalue weighted by atomic mass is 16.2. The fraction of sp³-hybridized carbons (Fsp3) is 0.136. The van der Waals surface area contributed by atoms with Crippen LogP contribution in [0.5, 0.6) is 0 Å². The van der Waals surface area contributed by atoms with E-state index in [2.05, 4.69) is 22.0 Å². The van der Waals surface area contributed by atoms with E-state index in [9.17, 15) is 14.4 Å². The minimum atomic E-state index is -0.679. The van der Waals surface area contributed by atoms with Gasteiger partial charge in [-0.05, 0) is 24.6 Å². The molecule has 4 rings (SSSR count). The third-order valence-electron chi connectivity index (χ3n) is 4.82. The van der Waals surface area contributed by atoms with Gasteiger partial charge in [-0.1, -0.05) is 48.5 Å². The predicted octanol–water partition coefficient (Wildman–Crippen LogP) is 3.17. The van der Waals surface area contributed by atoms with Gasteiger partial charge in [-0.25, -0.2) is 4.79 Å². The molecule has 1 aliphatic rings. The molecule has 0 unspecified atom stereocenters. The first-order chi connectivity index (χ1) is 13.6. The van der Waals surface area contributed by atoms with Crippen LogP contribution in [0.3, 0.4) is 0 Å². The quantitative estimate of drug-likeness (QED) is 0.564. The average molecular weight is 373 g/mol. The van der Waals surface area contributed by atoms with E-state index in [-0.39, 0.29) is 12.1 Å². The van der Waals surface area contributed by atoms with Crippen molar-refractivity contribution >= 4 is 34.8 Å². The van der Waals surface area contributed by atoms with E-state index in [1.165, 1.54) is 0 Å². The van der Waals surface area contributed by atoms with Crippen LogP contribution in [-0.2, 0) is 16.1 Å². The number of nitrogens with one attached hydrogen (secondary N) is 1. The summed E-state index contributed by atoms with van der Waals surface area (Å²) in [5, 5.41) is 3.16. The van der Waals surface area contributed by atoms with Crippen LogP contribution >= 0.6 is 0 Å². The highest BCUT2D eigenvalue weighted by Crippen LogP contribution is 2.25. The van der Waals surface area contributed by atoms with Gasteiger partial charge in [-0.2, -0.15) is 0 Å². The zero-order chi connectivity index (χ0) is 19.7. The molecule has 0 radical (unpaired) electrons. The lowest BCUT2D eigenvalue weighted by Gasteiger charge is -2.24. The maximum atomic E-state index is 12.6. The van der Waals surface area contributed by atoms with Crippen molar-refractivity contribution in [2.75, 3.05) is 6.54 Å². The second kappa shape index (κ2) is 7.15. The Balaban J connectivity index is 1.79. The summed E-state index contributed by atoms with van der Waals surface area (Å²) in [6.45, 7) is 2.56. The normalized spacial score (nSPS) is 16.1. The summed E-state index contributed by atoms with van der Waals surface area (Å²) in [5.74, 6) is -1.24. The van der Waals surface area contributed by atoms with Crippen LogP contribution in [0, 0.1) is 0 Å². The van der Waals surface area contributed by atoms with E-state index in [0.29, 0.717) is 6.54 Å². The summed E-state index contributed by atoms with van der Waals surface area (Å²) in [7, 11) is 0. The van der Waals surface area contributed by atoms with Gasteiger partial charge >= 0.3 is 6.03 Å². The van der Waals surface area contributed by atoms with Crippen molar-refractivity contribution in [3.8, 4) is 0 Å². The minimum Gasteiger partial charge on any atom is -0.342 e. The Labute approximate surface area is 162 Å². The third kappa shape index (κ3) is 3.09. The van der Waals surface area contributed by atoms with Crippen molar-refractivity contribution in [3.05, 3.63) is 77.5 Å². The van der Waals surface area contributed by atoms with E-state index in [4.69, 9.17) is 0 Å². The number of amides is 4. The Bertz CT molecular complexity index is 1110. The molecule has 0 bridgehead atoms. The molecule has 28 heavy (non-hydrogen) atoms. The predicted molar refractivity (Wildman–Crippen MR) is 106 cm³/mol. The molecule has 3 aromatic rings. The molecule has 0 spiro atoms. The van der Waals surface area contributed by atoms with Crippen LogP contribution in [0.2, 0.25) is 0 Å². The molecule has 2 aromatic carbocycles. The van der Waals surface area contributed by atoms with Gasteiger partial charge in [0.15, 0.2) is 0 Å². The zero-order valence-electron chi connectivity index (χ0n) is 15.4. The lowest BCUT2D eigenvalue weighted by Crippen LogP contribution is -2.53. The van der Waals surface area contributed by atoms with Gasteiger partial charge < -0.3 is 4.57 Å². The Kier molecular flexibility index (Phi) is 4.53. The Morgan fingerprint density at radius 1 is 0.964 bits per heavy atom. The number of barbiturate groups is 1. The number of hydrogen-bond acceptors (Lipinski definition) is 3. The van der Waals surface area contributed by atoms with Gasteiger partial charge in [0.2, 0.25) is 0 Å². The lowest BCUT2D eigenvalue weighted by molar-refractivity contribution is -0.129. The van der Waals surface area contributed by atoms with Crippen molar-refractivity contribution < 1.29 is 14.4 Å². The number of urea groups is 1. The van der Waals surface area contributed by atoms with E-state index in [0.717, 1.165) is 26.9 Å². The van der Waals surface area contributed by atoms with Crippen molar-refractivity contribution in [2.45, 2.75) is 13.5 Å². The van der Waals surface area contributed by atoms with Crippen LogP contribution in [-0.4, -0.2) is 33.9 Å². The van der Waals surface area contributed by atoms with Crippen molar-refractivity contribution in [3.63, 3.8) is 0 Å². The second-order valence-electron chi connectivity index (χ2n) is 6.58. The van der Waals surface area contributed by atoms with Crippen molar-refractivity contribution in [2.24, 2.45) is 0 Å². The number of hydrogen-bond donors (Lipinski definition) is 1. The third-order valence-corrected chi connectivity index (χ3v) is 4.82. The number of likely N-dealkylation sites (N-methyl/N-ethyl adjacent to an activating group) is 1. The monoisotopic (exact) mass is 373 g/mol. The van der Waals surface area contributed by atoms with Crippen LogP contribution < -0.4 is 5.32 Å². The topological polar surface area (TPSA) is 71.4 Å². The first-order valence-corrected chi connectivity index (χ1v) is 9.09. The van der Waals surface area contributed by atoms with E-state index < -0.39 is 17.8 Å². The first kappa shape index (κ1) is 17.7. The molecule has 1 N–H and O–H groups in total. The molecule has 1 aromatic heterocycles. The minimum absolute atomic E-state index is 0.0379. The highest BCUT2D eigenvalue weighted by molar-refractivity contribution is 6.31. The average Bonchev–Trinajstić information content (AvgIpc) is 3.04. The second-order valence-corrected chi connectivity index (χ2v) is 6.58. The van der Waals surface area contributed by atoms with Crippen LogP contribution in [0.15, 0.2) is 66.4 Å². The Morgan fingerprint density at radius 3 is 2.43 bits per heavy atom. The number of aromatic nitrogens is 1. The maximum absolute atomic E-state index is 12.6. The number of carbonyl (C=O) groups excluding carboxylic acids is 3. The molecule has 6 heteroatoms. The van der Waals surface area contributed by atoms with E-state index >= 15 is 0 Å². The highest BCUT2D eigenvalue weighted by Gasteiger charge is 2.34. The summed E-state index contributed by atoms with van der Waals surface area (Å²) in [6.07, 6.45) is 3.49. The SMILES string of the molecule is CCN1C(=O)NC(=O)/C(=C\c2cn(Cc3ccccc3)c3ccccc23)C1=O. The summed E-state index contributed by atoms with van der Waals surface area (Å²) in [6, 6.07) is 17.2. The molecular weight excluding hydrogens is 354 g/mol. The Hall–Kier alpha value is -3.67. The van der Waals surface area contributed by atoms with E-state index in [1.54, 1.807) is 13.0 Å². The smallest absolute Gasteiger partial charge is 0.331 e. The first-order valence-electron chi connectivity index (χ1n) is 9.09. The van der Waals surface area contributed by atoms with E-state index in [1.807, 2.05) is 48.7 Å². The van der Waals surface area contributed by atoms with Crippen LogP contribution in [0.25, 0.3) is 17.0 Å². The summed E-state index contributed by atoms with van der Waals surface area (Å²) in [5.41, 5.74) is 2.88. The van der Waals surface area contributed by atoms with Gasteiger partial charge in [0, 0.05) is 35.8 Å². The van der Waals surface area contributed by atoms with Gasteiger partial charge in [0.05, 0.1) is 0 Å². The van der Waals surface area contributed by atoms with Crippen LogP contribution in [0.1, 0.15) is 18.1 Å². The molecular formula is C22H19N3O3. The summed E-state index contributed by atoms with van der Waals surface area (Å²) >= 11 is 0. The molecule has 0 aliphatic carbocycles. The number of rotatable bonds is 4. The van der Waals surface area contributed by atoms with Crippen LogP contribution in [0.4, 0.5) is 4.79 Å². The summed E-state index contributed by atoms with van der Waals surface area (Å²) < 4.78 is 2.09. The molecule has 0 atom stereocenters. The molecule has 1 fully saturated rings. The fourth-order valence-corrected chi connectivity index (χ4v) is 3.44. The Morgan fingerprint density at radius 2 is 1.68 bits per heavy atom. The molecule has 6 nitrogen and oxygen atoms in total. The number of fused-ring (bicyclic) bond motifs is 1. The summed E-state index contributed by atoms with van der Waals surface area (Å²) in [4.78, 5) is 37.7. The van der Waals surface area contributed by atoms with Crippen molar-refractivity contribution in [1.29, 1.82) is 0 Å². The van der Waals surface area contributed by atoms with Gasteiger partial charge in [-0.3, -0.25) is 19.8 Å². The van der Waals surface area contributed by atoms with Gasteiger partial charge in [0.1, 0.15) is 5.57 Å².